The Balaban J connectivity index is 1.79. The zero-order chi connectivity index (χ0) is 20.3. The topological polar surface area (TPSA) is 71.1 Å². The fourth-order valence-corrected chi connectivity index (χ4v) is 2.67. The quantitative estimate of drug-likeness (QED) is 0.700. The van der Waals surface area contributed by atoms with Crippen molar-refractivity contribution in [3.63, 3.8) is 0 Å². The molecule has 0 radical (unpaired) electrons. The molecule has 3 aromatic rings. The van der Waals surface area contributed by atoms with E-state index in [4.69, 9.17) is 0 Å². The number of aromatic nitrogens is 1. The molecule has 0 atom stereocenters. The first-order valence-electron chi connectivity index (χ1n) is 8.45. The summed E-state index contributed by atoms with van der Waals surface area (Å²) in [6.07, 6.45) is 1.32. The van der Waals surface area contributed by atoms with Gasteiger partial charge in [-0.3, -0.25) is 14.6 Å². The Kier molecular flexibility index (Phi) is 5.44. The van der Waals surface area contributed by atoms with Gasteiger partial charge in [0.15, 0.2) is 0 Å². The molecule has 2 N–H and O–H groups in total. The van der Waals surface area contributed by atoms with Gasteiger partial charge in [-0.1, -0.05) is 18.2 Å². The number of halogens is 2. The first-order chi connectivity index (χ1) is 13.3. The van der Waals surface area contributed by atoms with E-state index in [9.17, 15) is 18.4 Å². The third-order valence-electron chi connectivity index (χ3n) is 4.15. The van der Waals surface area contributed by atoms with Crippen molar-refractivity contribution in [2.75, 3.05) is 10.6 Å². The van der Waals surface area contributed by atoms with Gasteiger partial charge in [-0.25, -0.2) is 8.78 Å². The van der Waals surface area contributed by atoms with Crippen LogP contribution in [0.5, 0.6) is 0 Å². The van der Waals surface area contributed by atoms with E-state index in [0.717, 1.165) is 23.3 Å². The lowest BCUT2D eigenvalue weighted by molar-refractivity contribution is 0.102. The molecule has 5 nitrogen and oxygen atoms in total. The molecule has 3 rings (SSSR count). The van der Waals surface area contributed by atoms with Crippen molar-refractivity contribution in [1.82, 2.24) is 4.98 Å². The molecule has 2 aromatic carbocycles. The summed E-state index contributed by atoms with van der Waals surface area (Å²) in [5, 5.41) is 5.14. The van der Waals surface area contributed by atoms with E-state index < -0.39 is 23.4 Å². The second-order valence-electron chi connectivity index (χ2n) is 6.23. The minimum absolute atomic E-state index is 0.0714. The second-order valence-corrected chi connectivity index (χ2v) is 6.23. The van der Waals surface area contributed by atoms with Gasteiger partial charge >= 0.3 is 0 Å². The number of rotatable bonds is 4. The molecule has 0 spiro atoms. The van der Waals surface area contributed by atoms with E-state index in [1.165, 1.54) is 18.3 Å². The molecule has 0 aliphatic carbocycles. The first kappa shape index (κ1) is 19.2. The monoisotopic (exact) mass is 381 g/mol. The van der Waals surface area contributed by atoms with Crippen molar-refractivity contribution in [3.05, 3.63) is 88.7 Å². The maximum Gasteiger partial charge on any atom is 0.274 e. The standard InChI is InChI=1S/C21H17F2N3O2/c1-12-4-3-5-13(2)19(12)26-20(27)14-8-9-24-18(10-14)21(28)25-17-7-6-15(22)11-16(17)23/h3-11H,1-2H3,(H,25,28)(H,26,27). The Morgan fingerprint density at radius 1 is 0.893 bits per heavy atom. The summed E-state index contributed by atoms with van der Waals surface area (Å²) in [5.74, 6) is -2.77. The number of carbonyl (C=O) groups excluding carboxylic acids is 2. The summed E-state index contributed by atoms with van der Waals surface area (Å²) < 4.78 is 26.7. The van der Waals surface area contributed by atoms with Crippen LogP contribution >= 0.6 is 0 Å². The summed E-state index contributed by atoms with van der Waals surface area (Å²) in [6.45, 7) is 3.76. The fourth-order valence-electron chi connectivity index (χ4n) is 2.67. The van der Waals surface area contributed by atoms with Gasteiger partial charge in [-0.15, -0.1) is 0 Å². The predicted molar refractivity (Wildman–Crippen MR) is 102 cm³/mol. The highest BCUT2D eigenvalue weighted by atomic mass is 19.1. The molecule has 7 heteroatoms. The molecular weight excluding hydrogens is 364 g/mol. The Hall–Kier alpha value is -3.61. The molecule has 142 valence electrons. The molecule has 1 aromatic heterocycles. The highest BCUT2D eigenvalue weighted by Gasteiger charge is 2.15. The van der Waals surface area contributed by atoms with Crippen molar-refractivity contribution in [3.8, 4) is 0 Å². The molecule has 28 heavy (non-hydrogen) atoms. The van der Waals surface area contributed by atoms with E-state index in [1.54, 1.807) is 0 Å². The summed E-state index contributed by atoms with van der Waals surface area (Å²) in [7, 11) is 0. The van der Waals surface area contributed by atoms with Crippen molar-refractivity contribution in [2.24, 2.45) is 0 Å². The Labute approximate surface area is 160 Å². The van der Waals surface area contributed by atoms with Gasteiger partial charge in [-0.05, 0) is 49.2 Å². The van der Waals surface area contributed by atoms with Crippen molar-refractivity contribution < 1.29 is 18.4 Å². The number of carbonyl (C=O) groups is 2. The number of aryl methyl sites for hydroxylation is 2. The van der Waals surface area contributed by atoms with Crippen LogP contribution in [0.15, 0.2) is 54.7 Å². The molecule has 0 saturated carbocycles. The van der Waals surface area contributed by atoms with Crippen LogP contribution in [0.25, 0.3) is 0 Å². The van der Waals surface area contributed by atoms with Crippen LogP contribution in [0.1, 0.15) is 32.0 Å². The van der Waals surface area contributed by atoms with Gasteiger partial charge in [0.1, 0.15) is 17.3 Å². The van der Waals surface area contributed by atoms with Crippen LogP contribution in [0.4, 0.5) is 20.2 Å². The van der Waals surface area contributed by atoms with Gasteiger partial charge in [0, 0.05) is 23.5 Å². The SMILES string of the molecule is Cc1cccc(C)c1NC(=O)c1ccnc(C(=O)Nc2ccc(F)cc2F)c1. The van der Waals surface area contributed by atoms with Gasteiger partial charge in [-0.2, -0.15) is 0 Å². The van der Waals surface area contributed by atoms with Crippen molar-refractivity contribution >= 4 is 23.2 Å². The molecule has 0 aliphatic heterocycles. The van der Waals surface area contributed by atoms with Crippen LogP contribution in [-0.4, -0.2) is 16.8 Å². The lowest BCUT2D eigenvalue weighted by Gasteiger charge is -2.12. The molecule has 0 unspecified atom stereocenters. The number of hydrogen-bond donors (Lipinski definition) is 2. The number of hydrogen-bond acceptors (Lipinski definition) is 3. The smallest absolute Gasteiger partial charge is 0.274 e. The van der Waals surface area contributed by atoms with Gasteiger partial charge < -0.3 is 10.6 Å². The van der Waals surface area contributed by atoms with Gasteiger partial charge in [0.05, 0.1) is 5.69 Å². The highest BCUT2D eigenvalue weighted by Crippen LogP contribution is 2.21. The summed E-state index contributed by atoms with van der Waals surface area (Å²) in [4.78, 5) is 28.8. The number of nitrogens with one attached hydrogen (secondary N) is 2. The number of nitrogens with zero attached hydrogens (tertiary/aromatic N) is 1. The average Bonchev–Trinajstić information content (AvgIpc) is 2.67. The lowest BCUT2D eigenvalue weighted by atomic mass is 10.1. The third kappa shape index (κ3) is 4.20. The Morgan fingerprint density at radius 3 is 2.29 bits per heavy atom. The predicted octanol–water partition coefficient (Wildman–Crippen LogP) is 4.48. The molecule has 0 fully saturated rings. The minimum Gasteiger partial charge on any atom is -0.322 e. The largest absolute Gasteiger partial charge is 0.322 e. The second kappa shape index (κ2) is 7.96. The zero-order valence-electron chi connectivity index (χ0n) is 15.2. The van der Waals surface area contributed by atoms with Crippen molar-refractivity contribution in [1.29, 1.82) is 0 Å². The lowest BCUT2D eigenvalue weighted by Crippen LogP contribution is -2.18. The number of anilines is 2. The van der Waals surface area contributed by atoms with E-state index >= 15 is 0 Å². The molecule has 2 amide bonds. The Bertz CT molecular complexity index is 1050. The summed E-state index contributed by atoms with van der Waals surface area (Å²) in [5.41, 5.74) is 2.49. The van der Waals surface area contributed by atoms with Crippen LogP contribution in [0.2, 0.25) is 0 Å². The van der Waals surface area contributed by atoms with Crippen LogP contribution in [-0.2, 0) is 0 Å². The number of pyridine rings is 1. The molecule has 1 heterocycles. The maximum atomic E-state index is 13.7. The number of amides is 2. The van der Waals surface area contributed by atoms with Gasteiger partial charge in [0.25, 0.3) is 11.8 Å². The molecule has 0 bridgehead atoms. The highest BCUT2D eigenvalue weighted by molar-refractivity contribution is 6.08. The number of para-hydroxylation sites is 1. The van der Waals surface area contributed by atoms with Crippen LogP contribution in [0.3, 0.4) is 0 Å². The third-order valence-corrected chi connectivity index (χ3v) is 4.15. The number of benzene rings is 2. The van der Waals surface area contributed by atoms with E-state index in [0.29, 0.717) is 11.8 Å². The van der Waals surface area contributed by atoms with E-state index in [1.807, 2.05) is 32.0 Å². The summed E-state index contributed by atoms with van der Waals surface area (Å²) in [6, 6.07) is 11.2. The fraction of sp³-hybridized carbons (Fsp3) is 0.0952. The minimum atomic E-state index is -0.905. The normalized spacial score (nSPS) is 10.4. The Morgan fingerprint density at radius 2 is 1.61 bits per heavy atom. The molecular formula is C21H17F2N3O2. The zero-order valence-corrected chi connectivity index (χ0v) is 15.2. The maximum absolute atomic E-state index is 13.7. The van der Waals surface area contributed by atoms with Crippen LogP contribution < -0.4 is 10.6 Å². The average molecular weight is 381 g/mol. The first-order valence-corrected chi connectivity index (χ1v) is 8.45. The summed E-state index contributed by atoms with van der Waals surface area (Å²) >= 11 is 0. The molecule has 0 saturated heterocycles. The van der Waals surface area contributed by atoms with Crippen LogP contribution in [0, 0.1) is 25.5 Å². The van der Waals surface area contributed by atoms with Gasteiger partial charge in [0.2, 0.25) is 0 Å². The van der Waals surface area contributed by atoms with E-state index in [-0.39, 0.29) is 16.9 Å². The van der Waals surface area contributed by atoms with E-state index in [2.05, 4.69) is 15.6 Å². The molecule has 0 aliphatic rings. The van der Waals surface area contributed by atoms with Crippen molar-refractivity contribution in [2.45, 2.75) is 13.8 Å².